The van der Waals surface area contributed by atoms with Gasteiger partial charge >= 0.3 is 6.03 Å². The van der Waals surface area contributed by atoms with Gasteiger partial charge in [-0.25, -0.2) is 14.8 Å². The lowest BCUT2D eigenvalue weighted by molar-refractivity contribution is -0.189. The van der Waals surface area contributed by atoms with Crippen LogP contribution in [0.1, 0.15) is 29.5 Å². The van der Waals surface area contributed by atoms with Gasteiger partial charge in [-0.1, -0.05) is 78.9 Å². The zero-order chi connectivity index (χ0) is 41.9. The molecule has 0 saturated carbocycles. The van der Waals surface area contributed by atoms with Crippen molar-refractivity contribution in [2.75, 3.05) is 45.1 Å². The zero-order valence-corrected chi connectivity index (χ0v) is 34.2. The molecule has 3 aliphatic heterocycles. The van der Waals surface area contributed by atoms with Crippen LogP contribution in [-0.2, 0) is 40.9 Å². The number of anilines is 1. The van der Waals surface area contributed by atoms with Crippen molar-refractivity contribution in [1.82, 2.24) is 34.6 Å². The number of carbonyl (C=O) groups is 4. The van der Waals surface area contributed by atoms with Gasteiger partial charge in [0.15, 0.2) is 0 Å². The summed E-state index contributed by atoms with van der Waals surface area (Å²) in [5, 5.41) is 20.5. The van der Waals surface area contributed by atoms with E-state index in [4.69, 9.17) is 0 Å². The van der Waals surface area contributed by atoms with Gasteiger partial charge in [-0.05, 0) is 73.0 Å². The summed E-state index contributed by atoms with van der Waals surface area (Å²) >= 11 is 0. The predicted molar refractivity (Wildman–Crippen MR) is 231 cm³/mol. The number of nitrogens with zero attached hydrogens (tertiary/aromatic N) is 6. The Bertz CT molecular complexity index is 2380. The fraction of sp³-hybridized carbons (Fsp3) is 0.319. The molecule has 60 heavy (non-hydrogen) atoms. The highest BCUT2D eigenvalue weighted by Crippen LogP contribution is 2.35. The predicted octanol–water partition coefficient (Wildman–Crippen LogP) is 5.57. The van der Waals surface area contributed by atoms with Crippen LogP contribution in [0.2, 0.25) is 0 Å². The number of piperidine rings is 1. The number of nitrogens with one attached hydrogen (secondary N) is 2. The van der Waals surface area contributed by atoms with Gasteiger partial charge in [0.25, 0.3) is 0 Å². The molecule has 3 saturated heterocycles. The number of piperazine rings is 1. The molecule has 0 aliphatic carbocycles. The monoisotopic (exact) mass is 808 g/mol. The van der Waals surface area contributed by atoms with Crippen LogP contribution < -0.4 is 10.6 Å². The number of aromatic hydroxyl groups is 1. The SMILES string of the molecule is C=CCN1CC(=O)N2[C@@H](Cc3ccc(O)cc3)C(=O)N(Cc3cccc4c(-c5ccc(NC(=O)C6CCCN(C)C6)cc5)cn(C)c34)C[C@@H]2N1C(=O)NCc1ccccc1. The molecule has 5 aromatic rings. The number of benzene rings is 4. The molecule has 4 aromatic carbocycles. The van der Waals surface area contributed by atoms with Crippen LogP contribution in [0, 0.1) is 5.92 Å². The molecule has 0 radical (unpaired) electrons. The molecule has 0 spiro atoms. The molecule has 3 fully saturated rings. The van der Waals surface area contributed by atoms with Crippen molar-refractivity contribution in [3.63, 3.8) is 0 Å². The Kier molecular flexibility index (Phi) is 11.7. The van der Waals surface area contributed by atoms with Crippen LogP contribution in [0.15, 0.2) is 116 Å². The highest BCUT2D eigenvalue weighted by Gasteiger charge is 2.51. The summed E-state index contributed by atoms with van der Waals surface area (Å²) in [6.45, 7) is 6.43. The van der Waals surface area contributed by atoms with Gasteiger partial charge in [0, 0.05) is 62.5 Å². The van der Waals surface area contributed by atoms with Crippen molar-refractivity contribution in [1.29, 1.82) is 0 Å². The molecule has 13 heteroatoms. The molecule has 0 bridgehead atoms. The lowest BCUT2D eigenvalue weighted by atomic mass is 9.97. The van der Waals surface area contributed by atoms with Crippen LogP contribution in [0.3, 0.4) is 0 Å². The summed E-state index contributed by atoms with van der Waals surface area (Å²) < 4.78 is 2.07. The summed E-state index contributed by atoms with van der Waals surface area (Å²) in [4.78, 5) is 61.7. The first-order chi connectivity index (χ1) is 29.1. The maximum Gasteiger partial charge on any atom is 0.334 e. The van der Waals surface area contributed by atoms with Crippen LogP contribution in [-0.4, -0.2) is 110 Å². The van der Waals surface area contributed by atoms with Gasteiger partial charge in [-0.3, -0.25) is 14.4 Å². The van der Waals surface area contributed by atoms with E-state index in [9.17, 15) is 24.3 Å². The molecule has 3 aliphatic rings. The van der Waals surface area contributed by atoms with E-state index in [1.165, 1.54) is 0 Å². The standard InChI is InChI=1S/C47H52N8O5/c1-4-23-53-31-43(57)54-41(25-32-15-21-38(56)22-16-32)46(59)52(30-42(54)55(53)47(60)48-26-33-10-6-5-7-11-33)28-35-12-8-14-39-40(29-51(3)44(35)39)34-17-19-37(20-18-34)49-45(58)36-13-9-24-50(2)27-36/h4-8,10-12,14-22,29,36,41-42,56H,1,9,13,23-28,30-31H2,2-3H3,(H,48,60)(H,49,58)/t36?,41-,42-/m0/s1. The zero-order valence-electron chi connectivity index (χ0n) is 34.2. The van der Waals surface area contributed by atoms with Crippen molar-refractivity contribution < 1.29 is 24.3 Å². The maximum absolute atomic E-state index is 14.8. The Morgan fingerprint density at radius 1 is 0.900 bits per heavy atom. The molecule has 1 unspecified atom stereocenters. The third kappa shape index (κ3) is 8.36. The van der Waals surface area contributed by atoms with E-state index >= 15 is 0 Å². The summed E-state index contributed by atoms with van der Waals surface area (Å²) in [7, 11) is 4.04. The minimum atomic E-state index is -0.905. The van der Waals surface area contributed by atoms with Gasteiger partial charge in [0.2, 0.25) is 17.7 Å². The number of carbonyl (C=O) groups excluding carboxylic acids is 4. The summed E-state index contributed by atoms with van der Waals surface area (Å²) in [5.41, 5.74) is 6.34. The number of rotatable bonds is 11. The molecular formula is C47H52N8O5. The van der Waals surface area contributed by atoms with Crippen molar-refractivity contribution in [3.8, 4) is 16.9 Å². The van der Waals surface area contributed by atoms with Crippen LogP contribution in [0.5, 0.6) is 5.75 Å². The first-order valence-corrected chi connectivity index (χ1v) is 20.6. The Morgan fingerprint density at radius 2 is 1.67 bits per heavy atom. The molecule has 4 heterocycles. The number of phenols is 1. The Hall–Kier alpha value is -6.44. The highest BCUT2D eigenvalue weighted by atomic mass is 16.3. The number of para-hydroxylation sites is 1. The number of hydrogen-bond donors (Lipinski definition) is 3. The molecule has 3 N–H and O–H groups in total. The largest absolute Gasteiger partial charge is 0.508 e. The molecule has 1 aromatic heterocycles. The number of fused-ring (bicyclic) bond motifs is 2. The molecule has 310 valence electrons. The van der Waals surface area contributed by atoms with E-state index in [-0.39, 0.29) is 74.6 Å². The van der Waals surface area contributed by atoms with E-state index in [1.807, 2.05) is 73.8 Å². The Labute approximate surface area is 350 Å². The molecular weight excluding hydrogens is 757 g/mol. The van der Waals surface area contributed by atoms with Crippen molar-refractivity contribution in [2.24, 2.45) is 13.0 Å². The number of likely N-dealkylation sites (tertiary alicyclic amines) is 1. The van der Waals surface area contributed by atoms with E-state index in [1.54, 1.807) is 50.2 Å². The summed E-state index contributed by atoms with van der Waals surface area (Å²) in [6.07, 6.45) is 5.04. The van der Waals surface area contributed by atoms with Crippen molar-refractivity contribution >= 4 is 40.3 Å². The van der Waals surface area contributed by atoms with Gasteiger partial charge in [-0.15, -0.1) is 6.58 Å². The summed E-state index contributed by atoms with van der Waals surface area (Å²) in [5.74, 6) is -0.358. The number of phenolic OH excluding ortho intramolecular Hbond substituents is 1. The van der Waals surface area contributed by atoms with E-state index in [2.05, 4.69) is 46.0 Å². The van der Waals surface area contributed by atoms with E-state index in [0.29, 0.717) is 0 Å². The third-order valence-corrected chi connectivity index (χ3v) is 11.9. The lowest BCUT2D eigenvalue weighted by Gasteiger charge is -2.55. The quantitative estimate of drug-likeness (QED) is 0.149. The average Bonchev–Trinajstić information content (AvgIpc) is 3.59. The normalized spacial score (nSPS) is 20.0. The van der Waals surface area contributed by atoms with Gasteiger partial charge in [0.1, 0.15) is 18.0 Å². The first kappa shape index (κ1) is 40.3. The Balaban J connectivity index is 1.09. The number of aryl methyl sites for hydroxylation is 1. The van der Waals surface area contributed by atoms with Crippen molar-refractivity contribution in [2.45, 2.75) is 44.6 Å². The lowest BCUT2D eigenvalue weighted by Crippen LogP contribution is -2.76. The second-order valence-electron chi connectivity index (χ2n) is 16.1. The molecule has 13 nitrogen and oxygen atoms in total. The highest BCUT2D eigenvalue weighted by molar-refractivity contribution is 5.99. The minimum absolute atomic E-state index is 0.0255. The molecule has 8 rings (SSSR count). The number of hydrogen-bond acceptors (Lipinski definition) is 7. The van der Waals surface area contributed by atoms with E-state index in [0.717, 1.165) is 70.3 Å². The second-order valence-corrected chi connectivity index (χ2v) is 16.1. The topological polar surface area (TPSA) is 134 Å². The van der Waals surface area contributed by atoms with Crippen molar-refractivity contribution in [3.05, 3.63) is 133 Å². The smallest absolute Gasteiger partial charge is 0.334 e. The maximum atomic E-state index is 14.8. The van der Waals surface area contributed by atoms with Gasteiger partial charge in [0.05, 0.1) is 24.5 Å². The third-order valence-electron chi connectivity index (χ3n) is 11.9. The number of amides is 5. The number of urea groups is 1. The average molecular weight is 809 g/mol. The molecule has 3 atom stereocenters. The van der Waals surface area contributed by atoms with Crippen LogP contribution in [0.4, 0.5) is 10.5 Å². The van der Waals surface area contributed by atoms with Gasteiger partial charge in [-0.2, -0.15) is 0 Å². The fourth-order valence-corrected chi connectivity index (χ4v) is 9.03. The fourth-order valence-electron chi connectivity index (χ4n) is 9.03. The summed E-state index contributed by atoms with van der Waals surface area (Å²) in [6, 6.07) is 29.0. The molecule has 5 amide bonds. The van der Waals surface area contributed by atoms with Crippen LogP contribution in [0.25, 0.3) is 22.0 Å². The number of aromatic nitrogens is 1. The minimum Gasteiger partial charge on any atom is -0.508 e. The van der Waals surface area contributed by atoms with E-state index < -0.39 is 12.2 Å². The second kappa shape index (κ2) is 17.4. The first-order valence-electron chi connectivity index (χ1n) is 20.6. The van der Waals surface area contributed by atoms with Gasteiger partial charge < -0.3 is 35.0 Å². The Morgan fingerprint density at radius 3 is 2.40 bits per heavy atom. The van der Waals surface area contributed by atoms with Crippen LogP contribution >= 0.6 is 0 Å². The number of hydrazine groups is 1.